The Morgan fingerprint density at radius 1 is 1.09 bits per heavy atom. The lowest BCUT2D eigenvalue weighted by molar-refractivity contribution is -0.137. The third kappa shape index (κ3) is 4.53. The topological polar surface area (TPSA) is 85.7 Å². The molecule has 2 aromatic carbocycles. The third-order valence-electron chi connectivity index (χ3n) is 5.88. The Bertz CT molecular complexity index is 1270. The zero-order valence-corrected chi connectivity index (χ0v) is 19.2. The van der Waals surface area contributed by atoms with Crippen LogP contribution >= 0.6 is 0 Å². The first-order valence-electron chi connectivity index (χ1n) is 10.7. The Hall–Kier alpha value is -4.02. The fourth-order valence-electron chi connectivity index (χ4n) is 4.20. The Morgan fingerprint density at radius 2 is 1.80 bits per heavy atom. The van der Waals surface area contributed by atoms with Crippen LogP contribution in [0, 0.1) is 0 Å². The highest BCUT2D eigenvalue weighted by molar-refractivity contribution is 6.07. The van der Waals surface area contributed by atoms with Crippen molar-refractivity contribution in [3.05, 3.63) is 71.0 Å². The van der Waals surface area contributed by atoms with Gasteiger partial charge in [0.25, 0.3) is 11.8 Å². The number of aryl methyl sites for hydroxylation is 1. The summed E-state index contributed by atoms with van der Waals surface area (Å²) in [7, 11) is 4.61. The molecule has 35 heavy (non-hydrogen) atoms. The van der Waals surface area contributed by atoms with E-state index < -0.39 is 29.3 Å². The van der Waals surface area contributed by atoms with Crippen molar-refractivity contribution in [2.75, 3.05) is 25.7 Å². The van der Waals surface area contributed by atoms with E-state index in [4.69, 9.17) is 9.47 Å². The molecule has 1 aliphatic heterocycles. The lowest BCUT2D eigenvalue weighted by atomic mass is 10.0. The van der Waals surface area contributed by atoms with Crippen LogP contribution in [0.15, 0.2) is 48.7 Å². The van der Waals surface area contributed by atoms with Crippen LogP contribution in [0.5, 0.6) is 11.5 Å². The summed E-state index contributed by atoms with van der Waals surface area (Å²) < 4.78 is 52.2. The van der Waals surface area contributed by atoms with Gasteiger partial charge in [0.05, 0.1) is 49.0 Å². The van der Waals surface area contributed by atoms with Crippen molar-refractivity contribution < 1.29 is 32.2 Å². The zero-order chi connectivity index (χ0) is 25.3. The number of halogens is 3. The number of ether oxygens (including phenoxy) is 2. The average Bonchev–Trinajstić information content (AvgIpc) is 3.24. The Balaban J connectivity index is 1.62. The SMILES string of the molecule is COc1ccc(C(=O)N2CCC(NC(=O)c3ccccc3C(F)(F)F)c3c2cnn3C)cc1OC. The number of methoxy groups -OCH3 is 2. The monoisotopic (exact) mass is 488 g/mol. The van der Waals surface area contributed by atoms with Crippen molar-refractivity contribution in [1.82, 2.24) is 15.1 Å². The van der Waals surface area contributed by atoms with Gasteiger partial charge < -0.3 is 19.7 Å². The normalized spacial score (nSPS) is 15.4. The molecule has 0 radical (unpaired) electrons. The molecule has 2 heterocycles. The number of benzene rings is 2. The van der Waals surface area contributed by atoms with Gasteiger partial charge in [-0.3, -0.25) is 14.3 Å². The highest BCUT2D eigenvalue weighted by Gasteiger charge is 2.37. The smallest absolute Gasteiger partial charge is 0.417 e. The summed E-state index contributed by atoms with van der Waals surface area (Å²) in [5.41, 5.74) is -0.133. The number of aromatic nitrogens is 2. The van der Waals surface area contributed by atoms with E-state index in [1.807, 2.05) is 0 Å². The molecule has 0 bridgehead atoms. The van der Waals surface area contributed by atoms with Gasteiger partial charge in [-0.05, 0) is 36.8 Å². The lowest BCUT2D eigenvalue weighted by Crippen LogP contribution is -2.41. The first-order valence-corrected chi connectivity index (χ1v) is 10.7. The molecule has 0 spiro atoms. The first kappa shape index (κ1) is 24.1. The van der Waals surface area contributed by atoms with E-state index in [1.54, 1.807) is 25.2 Å². The van der Waals surface area contributed by atoms with Crippen molar-refractivity contribution in [1.29, 1.82) is 0 Å². The van der Waals surface area contributed by atoms with Crippen molar-refractivity contribution in [2.45, 2.75) is 18.6 Å². The summed E-state index contributed by atoms with van der Waals surface area (Å²) in [4.78, 5) is 27.7. The van der Waals surface area contributed by atoms with Gasteiger partial charge in [-0.15, -0.1) is 0 Å². The Kier molecular flexibility index (Phi) is 6.42. The molecular formula is C24H23F3N4O4. The molecule has 1 unspecified atom stereocenters. The molecule has 0 saturated carbocycles. The lowest BCUT2D eigenvalue weighted by Gasteiger charge is -2.33. The maximum absolute atomic E-state index is 13.4. The maximum Gasteiger partial charge on any atom is 0.417 e. The molecule has 1 N–H and O–H groups in total. The first-order chi connectivity index (χ1) is 16.7. The number of fused-ring (bicyclic) bond motifs is 1. The minimum atomic E-state index is -4.67. The molecule has 1 aromatic heterocycles. The largest absolute Gasteiger partial charge is 0.493 e. The summed E-state index contributed by atoms with van der Waals surface area (Å²) in [6.07, 6.45) is -2.89. The number of hydrogen-bond acceptors (Lipinski definition) is 5. The van der Waals surface area contributed by atoms with E-state index in [2.05, 4.69) is 10.4 Å². The standard InChI is InChI=1S/C24H23F3N4O4/c1-30-21-17(29-22(32)15-6-4-5-7-16(15)24(25,26)27)10-11-31(18(21)13-28-30)23(33)14-8-9-19(34-2)20(12-14)35-3/h4-9,12-13,17H,10-11H2,1-3H3,(H,29,32). The van der Waals surface area contributed by atoms with E-state index in [9.17, 15) is 22.8 Å². The van der Waals surface area contributed by atoms with Gasteiger partial charge in [0.2, 0.25) is 0 Å². The number of hydrogen-bond donors (Lipinski definition) is 1. The fraction of sp³-hybridized carbons (Fsp3) is 0.292. The molecule has 0 fully saturated rings. The minimum Gasteiger partial charge on any atom is -0.493 e. The number of alkyl halides is 3. The molecular weight excluding hydrogens is 465 g/mol. The predicted molar refractivity (Wildman–Crippen MR) is 121 cm³/mol. The van der Waals surface area contributed by atoms with Crippen LogP contribution in [0.4, 0.5) is 18.9 Å². The number of anilines is 1. The molecule has 1 atom stereocenters. The van der Waals surface area contributed by atoms with E-state index in [0.29, 0.717) is 28.4 Å². The van der Waals surface area contributed by atoms with Gasteiger partial charge in [0.15, 0.2) is 11.5 Å². The number of nitrogens with zero attached hydrogens (tertiary/aromatic N) is 3. The van der Waals surface area contributed by atoms with E-state index >= 15 is 0 Å². The van der Waals surface area contributed by atoms with Gasteiger partial charge >= 0.3 is 6.18 Å². The molecule has 11 heteroatoms. The van der Waals surface area contributed by atoms with Crippen molar-refractivity contribution in [2.24, 2.45) is 7.05 Å². The van der Waals surface area contributed by atoms with Crippen molar-refractivity contribution in [3.8, 4) is 11.5 Å². The van der Waals surface area contributed by atoms with Gasteiger partial charge in [0, 0.05) is 19.2 Å². The minimum absolute atomic E-state index is 0.220. The van der Waals surface area contributed by atoms with Crippen LogP contribution < -0.4 is 19.7 Å². The van der Waals surface area contributed by atoms with Crippen LogP contribution in [-0.2, 0) is 13.2 Å². The van der Waals surface area contributed by atoms with E-state index in [0.717, 1.165) is 12.1 Å². The number of carbonyl (C=O) groups excluding carboxylic acids is 2. The maximum atomic E-state index is 13.4. The second-order valence-electron chi connectivity index (χ2n) is 7.92. The Morgan fingerprint density at radius 3 is 2.49 bits per heavy atom. The summed E-state index contributed by atoms with van der Waals surface area (Å²) in [6.45, 7) is 0.220. The van der Waals surface area contributed by atoms with Gasteiger partial charge in [-0.1, -0.05) is 12.1 Å². The Labute approximate surface area is 199 Å². The number of carbonyl (C=O) groups is 2. The highest BCUT2D eigenvalue weighted by Crippen LogP contribution is 2.37. The molecule has 8 nitrogen and oxygen atoms in total. The summed E-state index contributed by atoms with van der Waals surface area (Å²) in [6, 6.07) is 8.79. The molecule has 0 saturated heterocycles. The van der Waals surface area contributed by atoms with E-state index in [1.165, 1.54) is 42.1 Å². The molecule has 3 aromatic rings. The quantitative estimate of drug-likeness (QED) is 0.587. The van der Waals surface area contributed by atoms with Crippen LogP contribution in [0.3, 0.4) is 0 Å². The van der Waals surface area contributed by atoms with Crippen LogP contribution in [0.2, 0.25) is 0 Å². The second kappa shape index (κ2) is 9.32. The van der Waals surface area contributed by atoms with Gasteiger partial charge in [-0.25, -0.2) is 0 Å². The fourth-order valence-corrected chi connectivity index (χ4v) is 4.20. The second-order valence-corrected chi connectivity index (χ2v) is 7.92. The van der Waals surface area contributed by atoms with Crippen LogP contribution in [0.1, 0.15) is 44.4 Å². The predicted octanol–water partition coefficient (Wildman–Crippen LogP) is 3.98. The molecule has 1 aliphatic rings. The highest BCUT2D eigenvalue weighted by atomic mass is 19.4. The van der Waals surface area contributed by atoms with Gasteiger partial charge in [-0.2, -0.15) is 18.3 Å². The van der Waals surface area contributed by atoms with Gasteiger partial charge in [0.1, 0.15) is 0 Å². The average molecular weight is 488 g/mol. The van der Waals surface area contributed by atoms with E-state index in [-0.39, 0.29) is 18.9 Å². The molecule has 4 rings (SSSR count). The number of nitrogens with one attached hydrogen (secondary N) is 1. The molecule has 0 aliphatic carbocycles. The third-order valence-corrected chi connectivity index (χ3v) is 5.88. The summed E-state index contributed by atoms with van der Waals surface area (Å²) in [5, 5.41) is 6.91. The summed E-state index contributed by atoms with van der Waals surface area (Å²) >= 11 is 0. The van der Waals surface area contributed by atoms with Crippen molar-refractivity contribution in [3.63, 3.8) is 0 Å². The zero-order valence-electron chi connectivity index (χ0n) is 19.2. The van der Waals surface area contributed by atoms with Crippen molar-refractivity contribution >= 4 is 17.5 Å². The van der Waals surface area contributed by atoms with Crippen LogP contribution in [0.25, 0.3) is 0 Å². The summed E-state index contributed by atoms with van der Waals surface area (Å²) in [5.74, 6) is -0.288. The number of amides is 2. The molecule has 184 valence electrons. The molecule has 2 amide bonds. The number of rotatable bonds is 5. The van der Waals surface area contributed by atoms with Crippen LogP contribution in [-0.4, -0.2) is 42.4 Å².